The van der Waals surface area contributed by atoms with Crippen LogP contribution in [0.2, 0.25) is 0 Å². The Labute approximate surface area is 160 Å². The van der Waals surface area contributed by atoms with Crippen LogP contribution in [-0.2, 0) is 6.54 Å². The molecule has 0 bridgehead atoms. The Morgan fingerprint density at radius 2 is 1.89 bits per heavy atom. The fourth-order valence-electron chi connectivity index (χ4n) is 3.49. The van der Waals surface area contributed by atoms with Gasteiger partial charge < -0.3 is 16.4 Å². The van der Waals surface area contributed by atoms with E-state index in [9.17, 15) is 0 Å². The summed E-state index contributed by atoms with van der Waals surface area (Å²) in [6.07, 6.45) is 10.4. The number of nitrogens with two attached hydrogens (primary N) is 2. The topological polar surface area (TPSA) is 107 Å². The van der Waals surface area contributed by atoms with E-state index in [1.165, 1.54) is 10.6 Å². The molecule has 0 radical (unpaired) electrons. The minimum atomic E-state index is 0.103. The zero-order valence-corrected chi connectivity index (χ0v) is 15.2. The van der Waals surface area contributed by atoms with Gasteiger partial charge in [0.15, 0.2) is 17.0 Å². The van der Waals surface area contributed by atoms with E-state index >= 15 is 0 Å². The van der Waals surface area contributed by atoms with Crippen molar-refractivity contribution in [1.29, 1.82) is 0 Å². The Bertz CT molecular complexity index is 1090. The van der Waals surface area contributed by atoms with Crippen LogP contribution in [0.25, 0.3) is 11.2 Å². The van der Waals surface area contributed by atoms with Gasteiger partial charge >= 0.3 is 0 Å². The second-order valence-corrected chi connectivity index (χ2v) is 7.66. The Morgan fingerprint density at radius 1 is 1.04 bits per heavy atom. The van der Waals surface area contributed by atoms with E-state index in [0.29, 0.717) is 23.0 Å². The van der Waals surface area contributed by atoms with Crippen molar-refractivity contribution in [3.05, 3.63) is 60.5 Å². The van der Waals surface area contributed by atoms with Gasteiger partial charge in [-0.15, -0.1) is 11.8 Å². The molecule has 3 heterocycles. The summed E-state index contributed by atoms with van der Waals surface area (Å²) in [5, 5.41) is 0.367. The van der Waals surface area contributed by atoms with Crippen LogP contribution < -0.4 is 16.4 Å². The second kappa shape index (κ2) is 6.24. The number of nitrogens with zero attached hydrogens (tertiary/aromatic N) is 5. The maximum Gasteiger partial charge on any atom is 0.224 e. The highest BCUT2D eigenvalue weighted by Gasteiger charge is 2.33. The van der Waals surface area contributed by atoms with Gasteiger partial charge in [0, 0.05) is 4.90 Å². The molecule has 1 aromatic carbocycles. The summed E-state index contributed by atoms with van der Waals surface area (Å²) in [7, 11) is 0. The molecule has 1 aliphatic carbocycles. The summed E-state index contributed by atoms with van der Waals surface area (Å²) in [5.41, 5.74) is 14.5. The van der Waals surface area contributed by atoms with Crippen LogP contribution in [0.3, 0.4) is 0 Å². The molecule has 8 heteroatoms. The van der Waals surface area contributed by atoms with E-state index in [2.05, 4.69) is 73.4 Å². The van der Waals surface area contributed by atoms with E-state index in [1.54, 1.807) is 6.20 Å². The molecule has 0 saturated carbocycles. The van der Waals surface area contributed by atoms with Gasteiger partial charge in [0.25, 0.3) is 0 Å². The molecule has 0 amide bonds. The maximum atomic E-state index is 5.97. The minimum absolute atomic E-state index is 0.103. The molecule has 2 aromatic heterocycles. The lowest BCUT2D eigenvalue weighted by atomic mass is 10.0. The number of hydrogen-bond donors (Lipinski definition) is 2. The lowest BCUT2D eigenvalue weighted by Gasteiger charge is -2.41. The van der Waals surface area contributed by atoms with Crippen LogP contribution in [-0.4, -0.2) is 31.2 Å². The van der Waals surface area contributed by atoms with E-state index in [4.69, 9.17) is 11.5 Å². The molecule has 0 fully saturated rings. The molecule has 3 aromatic rings. The molecule has 0 saturated heterocycles. The van der Waals surface area contributed by atoms with Gasteiger partial charge in [0.1, 0.15) is 0 Å². The quantitative estimate of drug-likeness (QED) is 0.704. The molecule has 0 spiro atoms. The lowest BCUT2D eigenvalue weighted by molar-refractivity contribution is 0.670. The lowest BCUT2D eigenvalue weighted by Crippen LogP contribution is -2.43. The number of thioether (sulfide) groups is 1. The van der Waals surface area contributed by atoms with Gasteiger partial charge in [-0.1, -0.05) is 36.4 Å². The van der Waals surface area contributed by atoms with Crippen molar-refractivity contribution in [1.82, 2.24) is 19.9 Å². The SMILES string of the molecule is Nc1nc(N)c2nc(CN3c4ccccc4SC4C=CC=CC43)cnc2n1. The zero-order valence-electron chi connectivity index (χ0n) is 14.4. The number of anilines is 3. The first kappa shape index (κ1) is 16.1. The van der Waals surface area contributed by atoms with Crippen LogP contribution in [0, 0.1) is 0 Å². The molecule has 2 unspecified atom stereocenters. The summed E-state index contributed by atoms with van der Waals surface area (Å²) in [6, 6.07) is 8.71. The number of fused-ring (bicyclic) bond motifs is 3. The molecule has 5 rings (SSSR count). The monoisotopic (exact) mass is 375 g/mol. The van der Waals surface area contributed by atoms with Crippen molar-refractivity contribution < 1.29 is 0 Å². The molecular weight excluding hydrogens is 358 g/mol. The smallest absolute Gasteiger partial charge is 0.224 e. The van der Waals surface area contributed by atoms with Gasteiger partial charge in [-0.2, -0.15) is 9.97 Å². The van der Waals surface area contributed by atoms with Crippen molar-refractivity contribution in [2.45, 2.75) is 22.7 Å². The zero-order chi connectivity index (χ0) is 18.4. The molecule has 2 atom stereocenters. The van der Waals surface area contributed by atoms with Crippen molar-refractivity contribution in [2.75, 3.05) is 16.4 Å². The first-order chi connectivity index (χ1) is 13.2. The average molecular weight is 375 g/mol. The third-order valence-electron chi connectivity index (χ3n) is 4.69. The van der Waals surface area contributed by atoms with E-state index in [0.717, 1.165) is 5.69 Å². The fourth-order valence-corrected chi connectivity index (χ4v) is 4.79. The van der Waals surface area contributed by atoms with Gasteiger partial charge in [-0.25, -0.2) is 9.97 Å². The summed E-state index contributed by atoms with van der Waals surface area (Å²) < 4.78 is 0. The van der Waals surface area contributed by atoms with Crippen LogP contribution in [0.4, 0.5) is 17.5 Å². The molecule has 2 aliphatic rings. The number of benzene rings is 1. The van der Waals surface area contributed by atoms with Crippen molar-refractivity contribution in [3.63, 3.8) is 0 Å². The van der Waals surface area contributed by atoms with Gasteiger partial charge in [0.05, 0.1) is 35.4 Å². The molecule has 27 heavy (non-hydrogen) atoms. The Hall–Kier alpha value is -3.13. The third-order valence-corrected chi connectivity index (χ3v) is 6.00. The van der Waals surface area contributed by atoms with Crippen molar-refractivity contribution in [2.24, 2.45) is 0 Å². The number of aromatic nitrogens is 4. The van der Waals surface area contributed by atoms with Crippen molar-refractivity contribution in [3.8, 4) is 0 Å². The van der Waals surface area contributed by atoms with Gasteiger partial charge in [-0.3, -0.25) is 0 Å². The summed E-state index contributed by atoms with van der Waals surface area (Å²) in [4.78, 5) is 20.8. The number of allylic oxidation sites excluding steroid dienone is 2. The predicted molar refractivity (Wildman–Crippen MR) is 108 cm³/mol. The molecule has 4 N–H and O–H groups in total. The van der Waals surface area contributed by atoms with Crippen LogP contribution in [0.15, 0.2) is 59.7 Å². The highest BCUT2D eigenvalue weighted by molar-refractivity contribution is 8.00. The average Bonchev–Trinajstić information content (AvgIpc) is 2.68. The van der Waals surface area contributed by atoms with E-state index < -0.39 is 0 Å². The Morgan fingerprint density at radius 3 is 2.81 bits per heavy atom. The summed E-state index contributed by atoms with van der Waals surface area (Å²) >= 11 is 1.89. The molecule has 134 valence electrons. The largest absolute Gasteiger partial charge is 0.382 e. The maximum absolute atomic E-state index is 5.97. The summed E-state index contributed by atoms with van der Waals surface area (Å²) in [5.74, 6) is 0.353. The summed E-state index contributed by atoms with van der Waals surface area (Å²) in [6.45, 7) is 0.615. The minimum Gasteiger partial charge on any atom is -0.382 e. The van der Waals surface area contributed by atoms with E-state index in [1.807, 2.05) is 11.8 Å². The van der Waals surface area contributed by atoms with Crippen LogP contribution >= 0.6 is 11.8 Å². The Kier molecular flexibility index (Phi) is 3.71. The van der Waals surface area contributed by atoms with Crippen LogP contribution in [0.1, 0.15) is 5.69 Å². The second-order valence-electron chi connectivity index (χ2n) is 6.44. The fraction of sp³-hybridized carbons (Fsp3) is 0.158. The molecular formula is C19H17N7S. The first-order valence-electron chi connectivity index (χ1n) is 8.61. The van der Waals surface area contributed by atoms with E-state index in [-0.39, 0.29) is 17.8 Å². The highest BCUT2D eigenvalue weighted by atomic mass is 32.2. The van der Waals surface area contributed by atoms with Gasteiger partial charge in [0.2, 0.25) is 5.95 Å². The van der Waals surface area contributed by atoms with Crippen LogP contribution in [0.5, 0.6) is 0 Å². The number of nitrogen functional groups attached to an aromatic ring is 2. The number of para-hydroxylation sites is 1. The predicted octanol–water partition coefficient (Wildman–Crippen LogP) is 2.56. The van der Waals surface area contributed by atoms with Gasteiger partial charge in [-0.05, 0) is 12.1 Å². The molecule has 7 nitrogen and oxygen atoms in total. The number of rotatable bonds is 2. The highest BCUT2D eigenvalue weighted by Crippen LogP contribution is 2.43. The Balaban J connectivity index is 1.56. The third kappa shape index (κ3) is 2.78. The standard InChI is InChI=1S/C19H17N7S/c20-17-16-18(25-19(21)24-17)22-9-11(23-16)10-26-12-5-1-3-7-14(12)27-15-8-4-2-6-13(15)26/h1-9,12,14H,10H2,(H4,20,21,22,24,25). The van der Waals surface area contributed by atoms with Crippen molar-refractivity contribution >= 4 is 40.4 Å². The first-order valence-corrected chi connectivity index (χ1v) is 9.49. The number of hydrogen-bond acceptors (Lipinski definition) is 8. The normalized spacial score (nSPS) is 20.5. The molecule has 1 aliphatic heterocycles.